The average molecular weight is 390 g/mol. The predicted molar refractivity (Wildman–Crippen MR) is 91.1 cm³/mol. The molecule has 1 saturated heterocycles. The summed E-state index contributed by atoms with van der Waals surface area (Å²) in [5, 5.41) is 8.77. The maximum Gasteiger partial charge on any atom is 0.318 e. The second-order valence-corrected chi connectivity index (χ2v) is 9.93. The second-order valence-electron chi connectivity index (χ2n) is 5.95. The molecule has 1 heterocycles. The molecule has 1 aromatic rings. The monoisotopic (exact) mass is 390 g/mol. The maximum atomic E-state index is 12.8. The van der Waals surface area contributed by atoms with E-state index < -0.39 is 32.6 Å². The molecule has 1 aromatic carbocycles. The molecule has 0 radical (unpaired) electrons. The fourth-order valence-corrected chi connectivity index (χ4v) is 5.49. The lowest BCUT2D eigenvalue weighted by Gasteiger charge is -2.21. The Balaban J connectivity index is 2.36. The number of hydrogen-bond acceptors (Lipinski definition) is 5. The zero-order chi connectivity index (χ0) is 18.7. The molecule has 0 unspecified atom stereocenters. The van der Waals surface area contributed by atoms with Crippen LogP contribution in [0.15, 0.2) is 34.1 Å². The van der Waals surface area contributed by atoms with Crippen molar-refractivity contribution in [2.24, 2.45) is 0 Å². The van der Waals surface area contributed by atoms with Gasteiger partial charge in [-0.25, -0.2) is 16.8 Å². The fourth-order valence-electron chi connectivity index (χ4n) is 2.68. The van der Waals surface area contributed by atoms with Gasteiger partial charge in [-0.15, -0.1) is 0 Å². The fraction of sp³-hybridized carbons (Fsp3) is 0.533. The van der Waals surface area contributed by atoms with E-state index >= 15 is 0 Å². The SMILES string of the molecule is CN(CC(=O)O)S(=O)(=O)c1cccc(S(=O)(=O)N2CCCCCC2)c1. The van der Waals surface area contributed by atoms with Crippen LogP contribution in [0.25, 0.3) is 0 Å². The highest BCUT2D eigenvalue weighted by Crippen LogP contribution is 2.23. The summed E-state index contributed by atoms with van der Waals surface area (Å²) in [5.74, 6) is -1.29. The molecule has 0 aliphatic carbocycles. The highest BCUT2D eigenvalue weighted by molar-refractivity contribution is 7.90. The van der Waals surface area contributed by atoms with Crippen molar-refractivity contribution < 1.29 is 26.7 Å². The Hall–Kier alpha value is -1.49. The van der Waals surface area contributed by atoms with Gasteiger partial charge in [-0.2, -0.15) is 8.61 Å². The largest absolute Gasteiger partial charge is 0.480 e. The Morgan fingerprint density at radius 1 is 1.08 bits per heavy atom. The molecular formula is C15H22N2O6S2. The van der Waals surface area contributed by atoms with Gasteiger partial charge in [0.25, 0.3) is 0 Å². The summed E-state index contributed by atoms with van der Waals surface area (Å²) >= 11 is 0. The predicted octanol–water partition coefficient (Wildman–Crippen LogP) is 0.956. The third-order valence-electron chi connectivity index (χ3n) is 4.07. The molecule has 1 N–H and O–H groups in total. The number of sulfonamides is 2. The van der Waals surface area contributed by atoms with E-state index in [9.17, 15) is 21.6 Å². The van der Waals surface area contributed by atoms with Crippen molar-refractivity contribution in [1.29, 1.82) is 0 Å². The van der Waals surface area contributed by atoms with E-state index in [1.54, 1.807) is 0 Å². The molecule has 1 aliphatic heterocycles. The van der Waals surface area contributed by atoms with Crippen LogP contribution in [0, 0.1) is 0 Å². The smallest absolute Gasteiger partial charge is 0.318 e. The quantitative estimate of drug-likeness (QED) is 0.774. The minimum atomic E-state index is -4.09. The van der Waals surface area contributed by atoms with Crippen LogP contribution >= 0.6 is 0 Å². The molecule has 25 heavy (non-hydrogen) atoms. The standard InChI is InChI=1S/C15H22N2O6S2/c1-16(12-15(18)19)24(20,21)13-7-6-8-14(11-13)25(22,23)17-9-4-2-3-5-10-17/h6-8,11H,2-5,9-10,12H2,1H3,(H,18,19). The summed E-state index contributed by atoms with van der Waals surface area (Å²) in [6.07, 6.45) is 3.50. The zero-order valence-corrected chi connectivity index (χ0v) is 15.6. The van der Waals surface area contributed by atoms with Gasteiger partial charge in [-0.1, -0.05) is 18.9 Å². The van der Waals surface area contributed by atoms with E-state index in [-0.39, 0.29) is 9.79 Å². The van der Waals surface area contributed by atoms with Gasteiger partial charge in [0.2, 0.25) is 20.0 Å². The van der Waals surface area contributed by atoms with Crippen LogP contribution in [0.4, 0.5) is 0 Å². The first kappa shape index (κ1) is 19.8. The summed E-state index contributed by atoms with van der Waals surface area (Å²) in [5.41, 5.74) is 0. The van der Waals surface area contributed by atoms with E-state index in [4.69, 9.17) is 5.11 Å². The van der Waals surface area contributed by atoms with Crippen molar-refractivity contribution in [3.05, 3.63) is 24.3 Å². The molecule has 2 rings (SSSR count). The summed E-state index contributed by atoms with van der Waals surface area (Å²) in [6, 6.07) is 5.06. The van der Waals surface area contributed by atoms with E-state index in [1.807, 2.05) is 0 Å². The molecule has 0 spiro atoms. The van der Waals surface area contributed by atoms with E-state index in [0.29, 0.717) is 17.4 Å². The molecule has 8 nitrogen and oxygen atoms in total. The molecule has 10 heteroatoms. The van der Waals surface area contributed by atoms with Gasteiger partial charge < -0.3 is 5.11 Å². The Kier molecular flexibility index (Phi) is 6.20. The van der Waals surface area contributed by atoms with Crippen molar-refractivity contribution in [2.75, 3.05) is 26.7 Å². The summed E-state index contributed by atoms with van der Waals surface area (Å²) in [7, 11) is -6.73. The second kappa shape index (κ2) is 7.81. The van der Waals surface area contributed by atoms with E-state index in [1.165, 1.54) is 22.5 Å². The highest BCUT2D eigenvalue weighted by Gasteiger charge is 2.28. The van der Waals surface area contributed by atoms with Crippen LogP contribution in [0.5, 0.6) is 0 Å². The lowest BCUT2D eigenvalue weighted by molar-refractivity contribution is -0.137. The average Bonchev–Trinajstić information content (AvgIpc) is 2.84. The number of rotatable bonds is 6. The van der Waals surface area contributed by atoms with Crippen LogP contribution in [-0.4, -0.2) is 63.2 Å². The van der Waals surface area contributed by atoms with Crippen LogP contribution in [0.1, 0.15) is 25.7 Å². The van der Waals surface area contributed by atoms with Gasteiger partial charge in [-0.3, -0.25) is 4.79 Å². The lowest BCUT2D eigenvalue weighted by Crippen LogP contribution is -2.33. The summed E-state index contributed by atoms with van der Waals surface area (Å²) in [6.45, 7) is 0.127. The number of nitrogens with zero attached hydrogens (tertiary/aromatic N) is 2. The van der Waals surface area contributed by atoms with Crippen LogP contribution in [-0.2, 0) is 24.8 Å². The number of hydrogen-bond donors (Lipinski definition) is 1. The highest BCUT2D eigenvalue weighted by atomic mass is 32.2. The molecule has 0 amide bonds. The van der Waals surface area contributed by atoms with E-state index in [2.05, 4.69) is 0 Å². The Bertz CT molecular complexity index is 827. The number of aliphatic carboxylic acids is 1. The van der Waals surface area contributed by atoms with Gasteiger partial charge in [0.1, 0.15) is 6.54 Å². The molecule has 0 saturated carbocycles. The first-order valence-corrected chi connectivity index (χ1v) is 10.8. The van der Waals surface area contributed by atoms with Gasteiger partial charge in [0, 0.05) is 20.1 Å². The zero-order valence-electron chi connectivity index (χ0n) is 14.0. The third-order valence-corrected chi connectivity index (χ3v) is 7.77. The molecule has 140 valence electrons. The first-order chi connectivity index (χ1) is 11.7. The van der Waals surface area contributed by atoms with E-state index in [0.717, 1.165) is 38.8 Å². The van der Waals surface area contributed by atoms with Gasteiger partial charge >= 0.3 is 5.97 Å². The van der Waals surface area contributed by atoms with Crippen LogP contribution in [0.3, 0.4) is 0 Å². The minimum Gasteiger partial charge on any atom is -0.480 e. The number of benzene rings is 1. The third kappa shape index (κ3) is 4.57. The van der Waals surface area contributed by atoms with Gasteiger partial charge in [-0.05, 0) is 31.0 Å². The topological polar surface area (TPSA) is 112 Å². The number of carbonyl (C=O) groups is 1. The van der Waals surface area contributed by atoms with Crippen molar-refractivity contribution in [1.82, 2.24) is 8.61 Å². The van der Waals surface area contributed by atoms with Gasteiger partial charge in [0.15, 0.2) is 0 Å². The van der Waals surface area contributed by atoms with Crippen LogP contribution in [0.2, 0.25) is 0 Å². The molecule has 0 bridgehead atoms. The molecule has 0 aromatic heterocycles. The first-order valence-electron chi connectivity index (χ1n) is 7.94. The Labute approximate surface area is 148 Å². The normalized spacial score (nSPS) is 17.4. The Morgan fingerprint density at radius 3 is 2.20 bits per heavy atom. The minimum absolute atomic E-state index is 0.0980. The lowest BCUT2D eigenvalue weighted by atomic mass is 10.2. The maximum absolute atomic E-state index is 12.8. The van der Waals surface area contributed by atoms with Crippen molar-refractivity contribution in [2.45, 2.75) is 35.5 Å². The van der Waals surface area contributed by atoms with Crippen molar-refractivity contribution in [3.63, 3.8) is 0 Å². The number of likely N-dealkylation sites (N-methyl/N-ethyl adjacent to an activating group) is 1. The molecule has 0 atom stereocenters. The summed E-state index contributed by atoms with van der Waals surface area (Å²) in [4.78, 5) is 10.4. The molecule has 1 aliphatic rings. The van der Waals surface area contributed by atoms with Crippen LogP contribution < -0.4 is 0 Å². The van der Waals surface area contributed by atoms with Crippen molar-refractivity contribution in [3.8, 4) is 0 Å². The molecular weight excluding hydrogens is 368 g/mol. The van der Waals surface area contributed by atoms with Gasteiger partial charge in [0.05, 0.1) is 9.79 Å². The number of carboxylic acid groups (broad SMARTS) is 1. The summed E-state index contributed by atoms with van der Waals surface area (Å²) < 4.78 is 52.5. The molecule has 1 fully saturated rings. The number of carboxylic acids is 1. The van der Waals surface area contributed by atoms with Crippen molar-refractivity contribution >= 4 is 26.0 Å². The Morgan fingerprint density at radius 2 is 1.64 bits per heavy atom.